The lowest BCUT2D eigenvalue weighted by Gasteiger charge is -2.23. The highest BCUT2D eigenvalue weighted by atomic mass is 35.5. The third kappa shape index (κ3) is 4.17. The molecule has 1 N–H and O–H groups in total. The molecule has 8 heteroatoms. The van der Waals surface area contributed by atoms with E-state index in [2.05, 4.69) is 4.98 Å². The number of hydrogen-bond donors (Lipinski definition) is 1. The molecule has 1 fully saturated rings. The molecular weight excluding hydrogens is 484 g/mol. The molecule has 4 aromatic rings. The molecule has 0 aliphatic carbocycles. The minimum Gasteiger partial charge on any atom is -0.507 e. The third-order valence-corrected chi connectivity index (χ3v) is 7.07. The summed E-state index contributed by atoms with van der Waals surface area (Å²) in [7, 11) is 0. The van der Waals surface area contributed by atoms with Crippen molar-refractivity contribution in [2.45, 2.75) is 19.9 Å². The minimum absolute atomic E-state index is 0.0142. The molecule has 1 aromatic heterocycles. The van der Waals surface area contributed by atoms with Crippen LogP contribution in [-0.2, 0) is 9.59 Å². The first-order valence-corrected chi connectivity index (χ1v) is 12.2. The molecule has 1 amide bonds. The number of Topliss-reactive ketones (excluding diaryl/α,β-unsaturated/α-hetero) is 1. The van der Waals surface area contributed by atoms with Gasteiger partial charge in [0.05, 0.1) is 28.4 Å². The molecule has 0 bridgehead atoms. The maximum absolute atomic E-state index is 13.3. The van der Waals surface area contributed by atoms with Crippen LogP contribution in [0, 0.1) is 6.92 Å². The van der Waals surface area contributed by atoms with Crippen molar-refractivity contribution < 1.29 is 19.4 Å². The normalized spacial score (nSPS) is 17.3. The van der Waals surface area contributed by atoms with E-state index in [1.54, 1.807) is 54.6 Å². The SMILES string of the molecule is CCOc1ccc(C2/C(=C(\O)c3ccc(C)cc3)C(=O)C(=O)N2c2nc3ccc(Cl)cc3s2)cc1. The Labute approximate surface area is 211 Å². The van der Waals surface area contributed by atoms with Crippen molar-refractivity contribution in [2.24, 2.45) is 0 Å². The van der Waals surface area contributed by atoms with Crippen molar-refractivity contribution >= 4 is 55.7 Å². The van der Waals surface area contributed by atoms with Crippen LogP contribution in [0.15, 0.2) is 72.3 Å². The topological polar surface area (TPSA) is 79.7 Å². The second-order valence-electron chi connectivity index (χ2n) is 8.15. The lowest BCUT2D eigenvalue weighted by Crippen LogP contribution is -2.29. The average Bonchev–Trinajstić information content (AvgIpc) is 3.37. The number of ether oxygens (including phenoxy) is 1. The monoisotopic (exact) mass is 504 g/mol. The number of hydrogen-bond acceptors (Lipinski definition) is 6. The number of anilines is 1. The quantitative estimate of drug-likeness (QED) is 0.196. The van der Waals surface area contributed by atoms with Gasteiger partial charge in [-0.3, -0.25) is 14.5 Å². The summed E-state index contributed by atoms with van der Waals surface area (Å²) in [6.45, 7) is 4.34. The Hall–Kier alpha value is -3.68. The van der Waals surface area contributed by atoms with Crippen molar-refractivity contribution in [1.29, 1.82) is 0 Å². The molecule has 1 aliphatic heterocycles. The van der Waals surface area contributed by atoms with Gasteiger partial charge in [0.1, 0.15) is 11.5 Å². The molecule has 35 heavy (non-hydrogen) atoms. The summed E-state index contributed by atoms with van der Waals surface area (Å²) < 4.78 is 6.34. The van der Waals surface area contributed by atoms with Crippen LogP contribution in [0.25, 0.3) is 16.0 Å². The van der Waals surface area contributed by atoms with Crippen molar-refractivity contribution in [3.05, 3.63) is 94.0 Å². The molecule has 1 aliphatic rings. The molecule has 1 atom stereocenters. The summed E-state index contributed by atoms with van der Waals surface area (Å²) in [5.74, 6) is -1.07. The Morgan fingerprint density at radius 2 is 1.80 bits per heavy atom. The number of halogens is 1. The number of benzene rings is 3. The molecule has 1 saturated heterocycles. The number of aromatic nitrogens is 1. The van der Waals surface area contributed by atoms with Crippen molar-refractivity contribution in [1.82, 2.24) is 4.98 Å². The van der Waals surface area contributed by atoms with Gasteiger partial charge in [-0.2, -0.15) is 0 Å². The lowest BCUT2D eigenvalue weighted by atomic mass is 9.95. The largest absolute Gasteiger partial charge is 0.507 e. The van der Waals surface area contributed by atoms with Gasteiger partial charge < -0.3 is 9.84 Å². The first-order valence-electron chi connectivity index (χ1n) is 11.0. The highest BCUT2D eigenvalue weighted by molar-refractivity contribution is 7.22. The summed E-state index contributed by atoms with van der Waals surface area (Å²) in [5.41, 5.74) is 2.80. The van der Waals surface area contributed by atoms with Gasteiger partial charge in [0.15, 0.2) is 5.13 Å². The third-order valence-electron chi connectivity index (χ3n) is 5.82. The lowest BCUT2D eigenvalue weighted by molar-refractivity contribution is -0.132. The van der Waals surface area contributed by atoms with Gasteiger partial charge in [0.25, 0.3) is 5.78 Å². The van der Waals surface area contributed by atoms with E-state index < -0.39 is 17.7 Å². The first-order chi connectivity index (χ1) is 16.9. The van der Waals surface area contributed by atoms with Crippen LogP contribution in [0.1, 0.15) is 29.7 Å². The summed E-state index contributed by atoms with van der Waals surface area (Å²) >= 11 is 7.40. The smallest absolute Gasteiger partial charge is 0.301 e. The highest BCUT2D eigenvalue weighted by Gasteiger charge is 2.48. The van der Waals surface area contributed by atoms with E-state index in [9.17, 15) is 14.7 Å². The molecule has 5 rings (SSSR count). The number of thiazole rings is 1. The predicted octanol–water partition coefficient (Wildman–Crippen LogP) is 6.28. The van der Waals surface area contributed by atoms with E-state index in [-0.39, 0.29) is 11.3 Å². The molecule has 1 unspecified atom stereocenters. The highest BCUT2D eigenvalue weighted by Crippen LogP contribution is 2.44. The Balaban J connectivity index is 1.70. The number of carbonyl (C=O) groups excluding carboxylic acids is 2. The first kappa shape index (κ1) is 23.1. The van der Waals surface area contributed by atoms with Crippen LogP contribution in [0.2, 0.25) is 5.02 Å². The number of aliphatic hydroxyl groups is 1. The van der Waals surface area contributed by atoms with Gasteiger partial charge in [0.2, 0.25) is 0 Å². The number of aliphatic hydroxyl groups excluding tert-OH is 1. The van der Waals surface area contributed by atoms with Gasteiger partial charge in [-0.15, -0.1) is 0 Å². The fraction of sp³-hybridized carbons (Fsp3) is 0.148. The standard InChI is InChI=1S/C27H21ClN2O4S/c1-3-34-19-11-8-16(9-12-19)23-22(24(31)17-6-4-15(2)5-7-17)25(32)26(33)30(23)27-29-20-13-10-18(28)14-21(20)35-27/h4-14,23,31H,3H2,1-2H3/b24-22+. The number of amides is 1. The van der Waals surface area contributed by atoms with Gasteiger partial charge in [-0.1, -0.05) is 64.9 Å². The minimum atomic E-state index is -0.858. The van der Waals surface area contributed by atoms with Crippen molar-refractivity contribution in [3.8, 4) is 5.75 Å². The summed E-state index contributed by atoms with van der Waals surface area (Å²) in [6, 6.07) is 18.7. The molecule has 6 nitrogen and oxygen atoms in total. The Morgan fingerprint density at radius 1 is 1.09 bits per heavy atom. The number of aryl methyl sites for hydroxylation is 1. The molecule has 3 aromatic carbocycles. The van der Waals surface area contributed by atoms with Crippen LogP contribution in [0.4, 0.5) is 5.13 Å². The van der Waals surface area contributed by atoms with Gasteiger partial charge >= 0.3 is 5.91 Å². The molecule has 176 valence electrons. The average molecular weight is 505 g/mol. The second kappa shape index (κ2) is 9.17. The van der Waals surface area contributed by atoms with E-state index in [1.165, 1.54) is 16.2 Å². The number of ketones is 1. The van der Waals surface area contributed by atoms with Crippen molar-refractivity contribution in [3.63, 3.8) is 0 Å². The maximum Gasteiger partial charge on any atom is 0.301 e. The molecule has 2 heterocycles. The second-order valence-corrected chi connectivity index (χ2v) is 9.59. The van der Waals surface area contributed by atoms with E-state index in [0.717, 1.165) is 10.3 Å². The van der Waals surface area contributed by atoms with E-state index >= 15 is 0 Å². The Bertz CT molecular complexity index is 1480. The summed E-state index contributed by atoms with van der Waals surface area (Å²) in [4.78, 5) is 32.6. The summed E-state index contributed by atoms with van der Waals surface area (Å²) in [6.07, 6.45) is 0. The van der Waals surface area contributed by atoms with Crippen LogP contribution in [0.3, 0.4) is 0 Å². The zero-order valence-corrected chi connectivity index (χ0v) is 20.6. The summed E-state index contributed by atoms with van der Waals surface area (Å²) in [5, 5.41) is 12.1. The van der Waals surface area contributed by atoms with Crippen LogP contribution in [0.5, 0.6) is 5.75 Å². The fourth-order valence-electron chi connectivity index (χ4n) is 4.11. The van der Waals surface area contributed by atoms with E-state index in [4.69, 9.17) is 16.3 Å². The zero-order chi connectivity index (χ0) is 24.7. The van der Waals surface area contributed by atoms with Crippen LogP contribution >= 0.6 is 22.9 Å². The molecular formula is C27H21ClN2O4S. The maximum atomic E-state index is 13.3. The van der Waals surface area contributed by atoms with Crippen LogP contribution in [-0.4, -0.2) is 28.4 Å². The van der Waals surface area contributed by atoms with Crippen molar-refractivity contribution in [2.75, 3.05) is 11.5 Å². The van der Waals surface area contributed by atoms with E-state index in [0.29, 0.717) is 39.2 Å². The Kier molecular flexibility index (Phi) is 6.05. The van der Waals surface area contributed by atoms with E-state index in [1.807, 2.05) is 26.0 Å². The van der Waals surface area contributed by atoms with Gasteiger partial charge in [-0.25, -0.2) is 4.98 Å². The number of carbonyl (C=O) groups is 2. The fourth-order valence-corrected chi connectivity index (χ4v) is 5.38. The Morgan fingerprint density at radius 3 is 2.49 bits per heavy atom. The zero-order valence-electron chi connectivity index (χ0n) is 19.0. The predicted molar refractivity (Wildman–Crippen MR) is 138 cm³/mol. The number of nitrogens with zero attached hydrogens (tertiary/aromatic N) is 2. The number of rotatable bonds is 5. The van der Waals surface area contributed by atoms with Gasteiger partial charge in [-0.05, 0) is 49.7 Å². The molecule has 0 saturated carbocycles. The molecule has 0 spiro atoms. The number of fused-ring (bicyclic) bond motifs is 1. The molecule has 0 radical (unpaired) electrons. The van der Waals surface area contributed by atoms with Crippen LogP contribution < -0.4 is 9.64 Å². The van der Waals surface area contributed by atoms with Gasteiger partial charge in [0, 0.05) is 10.6 Å².